The van der Waals surface area contributed by atoms with E-state index in [0.717, 1.165) is 43.6 Å². The van der Waals surface area contributed by atoms with Crippen LogP contribution in [0.5, 0.6) is 11.5 Å². The third-order valence-corrected chi connectivity index (χ3v) is 10.4. The highest BCUT2D eigenvalue weighted by Gasteiger charge is 2.62. The van der Waals surface area contributed by atoms with Crippen molar-refractivity contribution in [3.8, 4) is 11.5 Å². The van der Waals surface area contributed by atoms with Crippen molar-refractivity contribution < 1.29 is 29.3 Å². The summed E-state index contributed by atoms with van der Waals surface area (Å²) in [5, 5.41) is 21.9. The van der Waals surface area contributed by atoms with Gasteiger partial charge in [0.05, 0.1) is 0 Å². The number of hydrogen-bond donors (Lipinski definition) is 3. The van der Waals surface area contributed by atoms with Crippen LogP contribution in [0, 0.1) is 22.7 Å². The average molecular weight is 555 g/mol. The lowest BCUT2D eigenvalue weighted by Gasteiger charge is -2.37. The molecule has 40 heavy (non-hydrogen) atoms. The summed E-state index contributed by atoms with van der Waals surface area (Å²) < 4.78 is 5.19. The number of amides is 2. The minimum absolute atomic E-state index is 0.0162. The van der Waals surface area contributed by atoms with Crippen LogP contribution in [0.4, 0.5) is 0 Å². The van der Waals surface area contributed by atoms with Crippen molar-refractivity contribution in [2.75, 3.05) is 13.1 Å². The molecule has 2 bridgehead atoms. The summed E-state index contributed by atoms with van der Waals surface area (Å²) >= 11 is 0. The van der Waals surface area contributed by atoms with Gasteiger partial charge in [-0.25, -0.2) is 0 Å². The number of hydrogen-bond acceptors (Lipinski definition) is 6. The Morgan fingerprint density at radius 3 is 2.35 bits per heavy atom. The number of benzene rings is 1. The van der Waals surface area contributed by atoms with E-state index in [-0.39, 0.29) is 47.2 Å². The summed E-state index contributed by atoms with van der Waals surface area (Å²) in [7, 11) is 0. The highest BCUT2D eigenvalue weighted by molar-refractivity contribution is 5.88. The molecule has 4 atom stereocenters. The summed E-state index contributed by atoms with van der Waals surface area (Å²) in [4.78, 5) is 37.6. The molecule has 3 N–H and O–H groups in total. The Hall–Kier alpha value is -3.03. The van der Waals surface area contributed by atoms with Gasteiger partial charge in [0.2, 0.25) is 11.8 Å². The van der Waals surface area contributed by atoms with Gasteiger partial charge in [-0.15, -0.1) is 0 Å². The van der Waals surface area contributed by atoms with Crippen molar-refractivity contribution in [1.82, 2.24) is 10.2 Å². The molecule has 3 aliphatic carbocycles. The first-order valence-corrected chi connectivity index (χ1v) is 14.9. The molecule has 3 saturated carbocycles. The maximum Gasteiger partial charge on any atom is 0.293 e. The molecule has 3 fully saturated rings. The number of aromatic hydroxyl groups is 2. The van der Waals surface area contributed by atoms with Crippen LogP contribution in [0.15, 0.2) is 30.4 Å². The fourth-order valence-corrected chi connectivity index (χ4v) is 7.33. The average Bonchev–Trinajstić information content (AvgIpc) is 3.60. The summed E-state index contributed by atoms with van der Waals surface area (Å²) in [6.07, 6.45) is 13.8. The van der Waals surface area contributed by atoms with Crippen molar-refractivity contribution in [3.63, 3.8) is 0 Å². The number of carbonyl (C=O) groups excluding carboxylic acids is 3. The molecule has 1 aromatic carbocycles. The number of ether oxygens (including phenoxy) is 1. The van der Waals surface area contributed by atoms with Gasteiger partial charge in [-0.05, 0) is 73.5 Å². The van der Waals surface area contributed by atoms with Gasteiger partial charge in [0.25, 0.3) is 6.47 Å². The zero-order valence-electron chi connectivity index (χ0n) is 24.2. The van der Waals surface area contributed by atoms with E-state index in [2.05, 4.69) is 26.1 Å². The van der Waals surface area contributed by atoms with Gasteiger partial charge >= 0.3 is 0 Å². The van der Waals surface area contributed by atoms with E-state index < -0.39 is 6.04 Å². The number of rotatable bonds is 8. The maximum absolute atomic E-state index is 12.9. The Labute approximate surface area is 238 Å². The number of aryl methyl sites for hydroxylation is 1. The van der Waals surface area contributed by atoms with E-state index in [0.29, 0.717) is 31.4 Å². The molecule has 1 aromatic rings. The molecule has 220 valence electrons. The molecule has 4 aliphatic rings. The molecule has 1 aliphatic heterocycles. The summed E-state index contributed by atoms with van der Waals surface area (Å²) in [6, 6.07) is 4.10. The van der Waals surface area contributed by atoms with Gasteiger partial charge < -0.3 is 25.2 Å². The molecular formula is C32H46N2O6. The predicted molar refractivity (Wildman–Crippen MR) is 152 cm³/mol. The Morgan fingerprint density at radius 2 is 1.77 bits per heavy atom. The summed E-state index contributed by atoms with van der Waals surface area (Å²) in [5.74, 6) is 0.451. The number of phenolic OH excluding ortho intramolecular Hbond substituents is 2. The number of fused-ring (bicyclic) bond motifs is 2. The Kier molecular flexibility index (Phi) is 9.47. The Morgan fingerprint density at radius 1 is 1.07 bits per heavy atom. The molecule has 2 amide bonds. The van der Waals surface area contributed by atoms with Gasteiger partial charge in [0, 0.05) is 24.9 Å². The van der Waals surface area contributed by atoms with Crippen molar-refractivity contribution >= 4 is 18.3 Å². The largest absolute Gasteiger partial charge is 0.504 e. The second-order valence-electron chi connectivity index (χ2n) is 12.8. The first-order chi connectivity index (χ1) is 19.1. The third kappa shape index (κ3) is 6.31. The summed E-state index contributed by atoms with van der Waals surface area (Å²) in [5.41, 5.74) is 1.34. The predicted octanol–water partition coefficient (Wildman–Crippen LogP) is 4.87. The second-order valence-corrected chi connectivity index (χ2v) is 12.8. The van der Waals surface area contributed by atoms with Crippen LogP contribution < -0.4 is 5.32 Å². The van der Waals surface area contributed by atoms with Crippen LogP contribution >= 0.6 is 0 Å². The molecule has 4 unspecified atom stereocenters. The van der Waals surface area contributed by atoms with E-state index >= 15 is 0 Å². The van der Waals surface area contributed by atoms with Crippen LogP contribution in [-0.4, -0.2) is 58.6 Å². The van der Waals surface area contributed by atoms with E-state index in [4.69, 9.17) is 4.74 Å². The zero-order valence-corrected chi connectivity index (χ0v) is 24.2. The van der Waals surface area contributed by atoms with Crippen LogP contribution in [0.1, 0.15) is 84.1 Å². The first kappa shape index (κ1) is 29.9. The summed E-state index contributed by atoms with van der Waals surface area (Å²) in [6.45, 7) is 8.76. The van der Waals surface area contributed by atoms with Crippen molar-refractivity contribution in [2.45, 2.75) is 97.1 Å². The number of carbonyl (C=O) groups is 3. The third-order valence-electron chi connectivity index (χ3n) is 10.4. The van der Waals surface area contributed by atoms with E-state index in [1.807, 2.05) is 12.2 Å². The lowest BCUT2D eigenvalue weighted by atomic mass is 9.70. The number of nitrogens with zero attached hydrogens (tertiary/aromatic N) is 1. The van der Waals surface area contributed by atoms with Gasteiger partial charge in [0.15, 0.2) is 11.5 Å². The standard InChI is InChI=1S/C21H28N2O4.C11H18O2/c24-17-10-8-15(14-18(17)25)9-11-19(26)22-20(16-6-2-1-3-7-16)21(27)23-12-4-5-13-23;1-10(2)8-4-5-11(10,3)9(6-8)13-7-12/h4-5,8,10,14,16,20,24-25H,1-3,6-7,9,11-13H2,(H,22,26);7-9H,4-6H2,1-3H3. The molecule has 0 aromatic heterocycles. The minimum atomic E-state index is -0.453. The number of phenols is 2. The van der Waals surface area contributed by atoms with E-state index in [1.165, 1.54) is 31.4 Å². The minimum Gasteiger partial charge on any atom is -0.504 e. The van der Waals surface area contributed by atoms with Gasteiger partial charge in [-0.1, -0.05) is 58.3 Å². The second kappa shape index (κ2) is 12.6. The first-order valence-electron chi connectivity index (χ1n) is 14.9. The topological polar surface area (TPSA) is 116 Å². The van der Waals surface area contributed by atoms with Gasteiger partial charge in [-0.3, -0.25) is 14.4 Å². The van der Waals surface area contributed by atoms with Crippen LogP contribution in [-0.2, 0) is 25.5 Å². The molecule has 1 heterocycles. The van der Waals surface area contributed by atoms with Gasteiger partial charge in [-0.2, -0.15) is 0 Å². The molecule has 0 saturated heterocycles. The van der Waals surface area contributed by atoms with E-state index in [9.17, 15) is 24.6 Å². The monoisotopic (exact) mass is 554 g/mol. The maximum atomic E-state index is 12.9. The van der Waals surface area contributed by atoms with Crippen molar-refractivity contribution in [1.29, 1.82) is 0 Å². The van der Waals surface area contributed by atoms with E-state index in [1.54, 1.807) is 11.0 Å². The lowest BCUT2D eigenvalue weighted by Crippen LogP contribution is -2.52. The molecule has 0 spiro atoms. The van der Waals surface area contributed by atoms with Crippen molar-refractivity contribution in [3.05, 3.63) is 35.9 Å². The molecule has 8 nitrogen and oxygen atoms in total. The zero-order chi connectivity index (χ0) is 28.9. The SMILES string of the molecule is CC1(C)C2CCC1(C)C(OC=O)C2.O=C(CCc1ccc(O)c(O)c1)NC(C(=O)N1CC=CC1)C1CCCCC1. The molecule has 8 heteroatoms. The smallest absolute Gasteiger partial charge is 0.293 e. The lowest BCUT2D eigenvalue weighted by molar-refractivity contribution is -0.141. The fourth-order valence-electron chi connectivity index (χ4n) is 7.33. The Bertz CT molecular complexity index is 1090. The molecule has 5 rings (SSSR count). The van der Waals surface area contributed by atoms with Crippen molar-refractivity contribution in [2.24, 2.45) is 22.7 Å². The molecular weight excluding hydrogens is 508 g/mol. The van der Waals surface area contributed by atoms with Gasteiger partial charge in [0.1, 0.15) is 12.1 Å². The van der Waals surface area contributed by atoms with Crippen LogP contribution in [0.3, 0.4) is 0 Å². The number of nitrogens with one attached hydrogen (secondary N) is 1. The Balaban J connectivity index is 0.000000236. The van der Waals surface area contributed by atoms with Crippen LogP contribution in [0.2, 0.25) is 0 Å². The highest BCUT2D eigenvalue weighted by Crippen LogP contribution is 2.66. The fraction of sp³-hybridized carbons (Fsp3) is 0.656. The molecule has 0 radical (unpaired) electrons. The normalized spacial score (nSPS) is 27.5. The highest BCUT2D eigenvalue weighted by atomic mass is 16.5. The van der Waals surface area contributed by atoms with Crippen LogP contribution in [0.25, 0.3) is 0 Å². The quantitative estimate of drug-likeness (QED) is 0.240.